The van der Waals surface area contributed by atoms with Crippen molar-refractivity contribution in [3.05, 3.63) is 65.2 Å². The van der Waals surface area contributed by atoms with Gasteiger partial charge < -0.3 is 0 Å². The summed E-state index contributed by atoms with van der Waals surface area (Å²) in [5.74, 6) is 4.70. The SMILES string of the molecule is Cc1ccc(SCC(NN)c2c(F)cccc2F)cc1. The molecule has 0 spiro atoms. The molecule has 1 unspecified atom stereocenters. The van der Waals surface area contributed by atoms with Crippen LogP contribution in [0.4, 0.5) is 8.78 Å². The molecule has 0 aliphatic heterocycles. The molecule has 0 saturated heterocycles. The molecule has 2 aromatic rings. The molecule has 0 aliphatic rings. The van der Waals surface area contributed by atoms with Crippen LogP contribution >= 0.6 is 11.8 Å². The fourth-order valence-electron chi connectivity index (χ4n) is 1.87. The first kappa shape index (κ1) is 15.0. The third-order valence-corrected chi connectivity index (χ3v) is 4.09. The Balaban J connectivity index is 2.11. The Morgan fingerprint density at radius 2 is 1.70 bits per heavy atom. The number of hydrogen-bond acceptors (Lipinski definition) is 3. The molecule has 3 N–H and O–H groups in total. The molecule has 0 saturated carbocycles. The van der Waals surface area contributed by atoms with E-state index < -0.39 is 17.7 Å². The van der Waals surface area contributed by atoms with Gasteiger partial charge in [0.25, 0.3) is 0 Å². The smallest absolute Gasteiger partial charge is 0.130 e. The monoisotopic (exact) mass is 294 g/mol. The highest BCUT2D eigenvalue weighted by atomic mass is 32.2. The third kappa shape index (κ3) is 3.56. The molecule has 2 rings (SSSR count). The predicted molar refractivity (Wildman–Crippen MR) is 78.3 cm³/mol. The van der Waals surface area contributed by atoms with Gasteiger partial charge in [-0.1, -0.05) is 23.8 Å². The van der Waals surface area contributed by atoms with Crippen LogP contribution in [0, 0.1) is 18.6 Å². The maximum Gasteiger partial charge on any atom is 0.130 e. The van der Waals surface area contributed by atoms with E-state index in [-0.39, 0.29) is 5.56 Å². The zero-order chi connectivity index (χ0) is 14.5. The Kier molecular flexibility index (Phi) is 5.11. The van der Waals surface area contributed by atoms with Gasteiger partial charge in [0.2, 0.25) is 0 Å². The molecule has 5 heteroatoms. The van der Waals surface area contributed by atoms with Gasteiger partial charge in [0.15, 0.2) is 0 Å². The van der Waals surface area contributed by atoms with Gasteiger partial charge in [-0.2, -0.15) is 0 Å². The van der Waals surface area contributed by atoms with Gasteiger partial charge >= 0.3 is 0 Å². The summed E-state index contributed by atoms with van der Waals surface area (Å²) in [5.41, 5.74) is 3.63. The average molecular weight is 294 g/mol. The minimum atomic E-state index is -0.586. The maximum atomic E-state index is 13.7. The van der Waals surface area contributed by atoms with Gasteiger partial charge in [0.05, 0.1) is 6.04 Å². The molecule has 0 amide bonds. The summed E-state index contributed by atoms with van der Waals surface area (Å²) in [6.45, 7) is 2.01. The minimum Gasteiger partial charge on any atom is -0.271 e. The molecule has 0 heterocycles. The Labute approximate surface area is 121 Å². The van der Waals surface area contributed by atoms with E-state index in [1.165, 1.54) is 35.5 Å². The number of aryl methyl sites for hydroxylation is 1. The van der Waals surface area contributed by atoms with Crippen molar-refractivity contribution in [2.45, 2.75) is 17.9 Å². The number of rotatable bonds is 5. The maximum absolute atomic E-state index is 13.7. The van der Waals surface area contributed by atoms with Crippen molar-refractivity contribution in [1.29, 1.82) is 0 Å². The molecule has 0 aliphatic carbocycles. The van der Waals surface area contributed by atoms with E-state index in [0.29, 0.717) is 5.75 Å². The molecule has 0 radical (unpaired) electrons. The number of benzene rings is 2. The number of halogens is 2. The van der Waals surface area contributed by atoms with Crippen molar-refractivity contribution in [2.24, 2.45) is 5.84 Å². The summed E-state index contributed by atoms with van der Waals surface area (Å²) in [6.07, 6.45) is 0. The van der Waals surface area contributed by atoms with Crippen LogP contribution in [0.25, 0.3) is 0 Å². The second kappa shape index (κ2) is 6.83. The Bertz CT molecular complexity index is 552. The molecule has 1 atom stereocenters. The summed E-state index contributed by atoms with van der Waals surface area (Å²) < 4.78 is 27.4. The summed E-state index contributed by atoms with van der Waals surface area (Å²) >= 11 is 1.50. The Morgan fingerprint density at radius 3 is 2.25 bits per heavy atom. The lowest BCUT2D eigenvalue weighted by Gasteiger charge is -2.17. The van der Waals surface area contributed by atoms with Crippen LogP contribution in [-0.2, 0) is 0 Å². The van der Waals surface area contributed by atoms with Crippen molar-refractivity contribution in [1.82, 2.24) is 5.43 Å². The Morgan fingerprint density at radius 1 is 1.10 bits per heavy atom. The number of hydrazine groups is 1. The van der Waals surface area contributed by atoms with Crippen LogP contribution in [0.2, 0.25) is 0 Å². The van der Waals surface area contributed by atoms with Crippen molar-refractivity contribution in [3.8, 4) is 0 Å². The number of nitrogens with one attached hydrogen (secondary N) is 1. The molecular weight excluding hydrogens is 278 g/mol. The lowest BCUT2D eigenvalue weighted by Crippen LogP contribution is -2.31. The van der Waals surface area contributed by atoms with Gasteiger partial charge in [-0.15, -0.1) is 11.8 Å². The van der Waals surface area contributed by atoms with Gasteiger partial charge in [0.1, 0.15) is 11.6 Å². The molecule has 2 nitrogen and oxygen atoms in total. The molecule has 2 aromatic carbocycles. The molecular formula is C15H16F2N2S. The second-order valence-electron chi connectivity index (χ2n) is 4.48. The van der Waals surface area contributed by atoms with E-state index in [4.69, 9.17) is 5.84 Å². The zero-order valence-corrected chi connectivity index (χ0v) is 11.9. The molecule has 0 bridgehead atoms. The topological polar surface area (TPSA) is 38.0 Å². The molecule has 0 aromatic heterocycles. The van der Waals surface area contributed by atoms with Crippen molar-refractivity contribution >= 4 is 11.8 Å². The molecule has 106 valence electrons. The lowest BCUT2D eigenvalue weighted by molar-refractivity contribution is 0.500. The predicted octanol–water partition coefficient (Wildman–Crippen LogP) is 3.57. The minimum absolute atomic E-state index is 0.0189. The molecule has 20 heavy (non-hydrogen) atoms. The normalized spacial score (nSPS) is 12.4. The summed E-state index contributed by atoms with van der Waals surface area (Å²) in [4.78, 5) is 1.03. The first-order chi connectivity index (χ1) is 9.61. The summed E-state index contributed by atoms with van der Waals surface area (Å²) in [7, 11) is 0. The second-order valence-corrected chi connectivity index (χ2v) is 5.57. The quantitative estimate of drug-likeness (QED) is 0.503. The summed E-state index contributed by atoms with van der Waals surface area (Å²) in [5, 5.41) is 0. The van der Waals surface area contributed by atoms with E-state index in [9.17, 15) is 8.78 Å². The lowest BCUT2D eigenvalue weighted by atomic mass is 10.1. The summed E-state index contributed by atoms with van der Waals surface area (Å²) in [6, 6.07) is 11.2. The average Bonchev–Trinajstić information content (AvgIpc) is 2.44. The highest BCUT2D eigenvalue weighted by Crippen LogP contribution is 2.27. The fourth-order valence-corrected chi connectivity index (χ4v) is 2.82. The van der Waals surface area contributed by atoms with E-state index in [1.807, 2.05) is 31.2 Å². The number of thioether (sulfide) groups is 1. The number of hydrogen-bond donors (Lipinski definition) is 2. The van der Waals surface area contributed by atoms with Crippen LogP contribution in [0.3, 0.4) is 0 Å². The first-order valence-electron chi connectivity index (χ1n) is 6.21. The van der Waals surface area contributed by atoms with Crippen LogP contribution in [0.15, 0.2) is 47.4 Å². The number of nitrogens with two attached hydrogens (primary N) is 1. The van der Waals surface area contributed by atoms with Gasteiger partial charge in [-0.05, 0) is 31.2 Å². The van der Waals surface area contributed by atoms with E-state index in [2.05, 4.69) is 5.43 Å². The Hall–Kier alpha value is -1.43. The van der Waals surface area contributed by atoms with Crippen LogP contribution < -0.4 is 11.3 Å². The zero-order valence-electron chi connectivity index (χ0n) is 11.1. The highest BCUT2D eigenvalue weighted by molar-refractivity contribution is 7.99. The fraction of sp³-hybridized carbons (Fsp3) is 0.200. The van der Waals surface area contributed by atoms with Gasteiger partial charge in [-0.25, -0.2) is 8.78 Å². The standard InChI is InChI=1S/C15H16F2N2S/c1-10-5-7-11(8-6-10)20-9-14(19-18)15-12(16)3-2-4-13(15)17/h2-8,14,19H,9,18H2,1H3. The first-order valence-corrected chi connectivity index (χ1v) is 7.20. The van der Waals surface area contributed by atoms with Crippen molar-refractivity contribution in [2.75, 3.05) is 5.75 Å². The van der Waals surface area contributed by atoms with E-state index in [0.717, 1.165) is 4.90 Å². The largest absolute Gasteiger partial charge is 0.271 e. The van der Waals surface area contributed by atoms with Gasteiger partial charge in [0, 0.05) is 16.2 Å². The van der Waals surface area contributed by atoms with Crippen LogP contribution in [-0.4, -0.2) is 5.75 Å². The highest BCUT2D eigenvalue weighted by Gasteiger charge is 2.19. The van der Waals surface area contributed by atoms with Crippen molar-refractivity contribution in [3.63, 3.8) is 0 Å². The van der Waals surface area contributed by atoms with Crippen LogP contribution in [0.1, 0.15) is 17.2 Å². The van der Waals surface area contributed by atoms with Gasteiger partial charge in [-0.3, -0.25) is 11.3 Å². The van der Waals surface area contributed by atoms with Crippen molar-refractivity contribution < 1.29 is 8.78 Å². The third-order valence-electron chi connectivity index (χ3n) is 2.99. The van der Waals surface area contributed by atoms with E-state index in [1.54, 1.807) is 0 Å². The van der Waals surface area contributed by atoms with Crippen LogP contribution in [0.5, 0.6) is 0 Å². The van der Waals surface area contributed by atoms with E-state index >= 15 is 0 Å². The molecule has 0 fully saturated rings.